The van der Waals surface area contributed by atoms with Crippen molar-refractivity contribution < 1.29 is 9.74 Å². The minimum Gasteiger partial charge on any atom is -0.396 e. The van der Waals surface area contributed by atoms with Crippen molar-refractivity contribution in [2.45, 2.75) is 12.8 Å². The first-order valence-electron chi connectivity index (χ1n) is 3.02. The summed E-state index contributed by atoms with van der Waals surface area (Å²) in [4.78, 5) is 0. The highest BCUT2D eigenvalue weighted by atomic mass is 16.6. The molecule has 3 N–H and O–H groups in total. The Morgan fingerprint density at radius 2 is 2.30 bits per heavy atom. The van der Waals surface area contributed by atoms with Gasteiger partial charge in [0.2, 0.25) is 0 Å². The molecule has 1 aromatic rings. The Hall–Kier alpha value is -1.10. The lowest BCUT2D eigenvalue weighted by Gasteiger charge is -1.89. The molecule has 0 unspecified atom stereocenters. The highest BCUT2D eigenvalue weighted by molar-refractivity contribution is 5.30. The van der Waals surface area contributed by atoms with Crippen LogP contribution >= 0.6 is 0 Å². The van der Waals surface area contributed by atoms with Crippen molar-refractivity contribution in [1.82, 2.24) is 10.3 Å². The Balaban J connectivity index is 2.49. The number of hydrogen-bond acceptors (Lipinski definition) is 5. The maximum Gasteiger partial charge on any atom is 0.191 e. The van der Waals surface area contributed by atoms with Crippen molar-refractivity contribution in [2.75, 3.05) is 12.3 Å². The van der Waals surface area contributed by atoms with Crippen molar-refractivity contribution in [2.24, 2.45) is 0 Å². The van der Waals surface area contributed by atoms with Gasteiger partial charge in [-0.1, -0.05) is 5.16 Å². The fourth-order valence-electron chi connectivity index (χ4n) is 0.633. The van der Waals surface area contributed by atoms with Crippen molar-refractivity contribution in [3.63, 3.8) is 0 Å². The second kappa shape index (κ2) is 3.17. The average Bonchev–Trinajstić information content (AvgIpc) is 2.31. The van der Waals surface area contributed by atoms with Crippen molar-refractivity contribution in [3.8, 4) is 0 Å². The van der Waals surface area contributed by atoms with Crippen LogP contribution in [0.4, 0.5) is 5.82 Å². The molecular weight excluding hydrogens is 134 g/mol. The summed E-state index contributed by atoms with van der Waals surface area (Å²) in [5, 5.41) is 15.3. The fraction of sp³-hybridized carbons (Fsp3) is 0.600. The number of aliphatic hydroxyl groups is 1. The molecule has 0 radical (unpaired) electrons. The molecule has 5 heteroatoms. The van der Waals surface area contributed by atoms with Gasteiger partial charge in [-0.05, 0) is 18.0 Å². The molecule has 56 valence electrons. The SMILES string of the molecule is Nc1nonc1CCCO. The van der Waals surface area contributed by atoms with Crippen molar-refractivity contribution in [3.05, 3.63) is 5.69 Å². The maximum absolute atomic E-state index is 8.44. The molecule has 0 saturated heterocycles. The Morgan fingerprint density at radius 3 is 2.80 bits per heavy atom. The van der Waals surface area contributed by atoms with E-state index in [9.17, 15) is 0 Å². The van der Waals surface area contributed by atoms with Gasteiger partial charge >= 0.3 is 0 Å². The molecule has 0 spiro atoms. The summed E-state index contributed by atoms with van der Waals surface area (Å²) in [6.07, 6.45) is 1.25. The lowest BCUT2D eigenvalue weighted by atomic mass is 10.2. The van der Waals surface area contributed by atoms with Crippen LogP contribution < -0.4 is 5.73 Å². The molecule has 0 bridgehead atoms. The van der Waals surface area contributed by atoms with Gasteiger partial charge in [0.15, 0.2) is 5.82 Å². The Labute approximate surface area is 57.8 Å². The number of rotatable bonds is 3. The third kappa shape index (κ3) is 1.44. The van der Waals surface area contributed by atoms with E-state index in [1.54, 1.807) is 0 Å². The van der Waals surface area contributed by atoms with Crippen LogP contribution in [0.3, 0.4) is 0 Å². The molecule has 0 aliphatic heterocycles. The van der Waals surface area contributed by atoms with E-state index in [0.717, 1.165) is 0 Å². The van der Waals surface area contributed by atoms with E-state index in [1.165, 1.54) is 0 Å². The van der Waals surface area contributed by atoms with E-state index in [4.69, 9.17) is 10.8 Å². The number of aryl methyl sites for hydroxylation is 1. The van der Waals surface area contributed by atoms with Crippen LogP contribution in [0, 0.1) is 0 Å². The molecule has 5 nitrogen and oxygen atoms in total. The van der Waals surface area contributed by atoms with E-state index in [-0.39, 0.29) is 6.61 Å². The van der Waals surface area contributed by atoms with E-state index in [2.05, 4.69) is 14.9 Å². The monoisotopic (exact) mass is 143 g/mol. The molecule has 0 aromatic carbocycles. The van der Waals surface area contributed by atoms with Crippen LogP contribution in [0.15, 0.2) is 4.63 Å². The molecule has 10 heavy (non-hydrogen) atoms. The zero-order valence-electron chi connectivity index (χ0n) is 5.45. The van der Waals surface area contributed by atoms with Gasteiger partial charge in [-0.15, -0.1) is 0 Å². The minimum atomic E-state index is 0.131. The molecular formula is C5H9N3O2. The second-order valence-electron chi connectivity index (χ2n) is 1.92. The zero-order chi connectivity index (χ0) is 7.40. The number of nitrogens with two attached hydrogens (primary N) is 1. The molecule has 0 amide bonds. The summed E-state index contributed by atoms with van der Waals surface area (Å²) in [5.41, 5.74) is 5.95. The minimum absolute atomic E-state index is 0.131. The number of anilines is 1. The van der Waals surface area contributed by atoms with E-state index >= 15 is 0 Å². The fourth-order valence-corrected chi connectivity index (χ4v) is 0.633. The van der Waals surface area contributed by atoms with Crippen LogP contribution in [-0.2, 0) is 6.42 Å². The summed E-state index contributed by atoms with van der Waals surface area (Å²) in [5.74, 6) is 0.313. The number of nitrogens with zero attached hydrogens (tertiary/aromatic N) is 2. The normalized spacial score (nSPS) is 10.1. The van der Waals surface area contributed by atoms with Gasteiger partial charge in [0.05, 0.1) is 0 Å². The summed E-state index contributed by atoms with van der Waals surface area (Å²) in [6, 6.07) is 0. The third-order valence-electron chi connectivity index (χ3n) is 1.16. The summed E-state index contributed by atoms with van der Waals surface area (Å²) in [6.45, 7) is 0.131. The molecule has 1 rings (SSSR count). The number of hydrogen-bond donors (Lipinski definition) is 2. The van der Waals surface area contributed by atoms with Crippen LogP contribution in [0.25, 0.3) is 0 Å². The van der Waals surface area contributed by atoms with Gasteiger partial charge < -0.3 is 10.8 Å². The zero-order valence-corrected chi connectivity index (χ0v) is 5.45. The van der Waals surface area contributed by atoms with Crippen molar-refractivity contribution in [1.29, 1.82) is 0 Å². The van der Waals surface area contributed by atoms with Crippen LogP contribution in [-0.4, -0.2) is 22.0 Å². The maximum atomic E-state index is 8.44. The van der Waals surface area contributed by atoms with E-state index in [0.29, 0.717) is 24.4 Å². The van der Waals surface area contributed by atoms with Crippen molar-refractivity contribution >= 4 is 5.82 Å². The predicted molar refractivity (Wildman–Crippen MR) is 34.1 cm³/mol. The van der Waals surface area contributed by atoms with Crippen LogP contribution in [0.1, 0.15) is 12.1 Å². The number of aromatic nitrogens is 2. The van der Waals surface area contributed by atoms with Gasteiger partial charge in [-0.2, -0.15) is 0 Å². The van der Waals surface area contributed by atoms with Crippen LogP contribution in [0.5, 0.6) is 0 Å². The molecule has 0 fully saturated rings. The Bertz CT molecular complexity index is 199. The molecule has 0 atom stereocenters. The number of nitrogen functional groups attached to an aromatic ring is 1. The molecule has 0 aliphatic rings. The first-order valence-corrected chi connectivity index (χ1v) is 3.02. The number of aliphatic hydroxyl groups excluding tert-OH is 1. The van der Waals surface area contributed by atoms with Gasteiger partial charge in [-0.25, -0.2) is 4.63 Å². The highest BCUT2D eigenvalue weighted by Gasteiger charge is 2.03. The Morgan fingerprint density at radius 1 is 1.50 bits per heavy atom. The smallest absolute Gasteiger partial charge is 0.191 e. The molecule has 1 aromatic heterocycles. The lowest BCUT2D eigenvalue weighted by molar-refractivity contribution is 0.282. The van der Waals surface area contributed by atoms with Crippen LogP contribution in [0.2, 0.25) is 0 Å². The first-order chi connectivity index (χ1) is 4.84. The molecule has 0 saturated carbocycles. The Kier molecular flexibility index (Phi) is 2.22. The molecule has 1 heterocycles. The van der Waals surface area contributed by atoms with Gasteiger partial charge in [0, 0.05) is 6.61 Å². The van der Waals surface area contributed by atoms with Gasteiger partial charge in [-0.3, -0.25) is 0 Å². The second-order valence-corrected chi connectivity index (χ2v) is 1.92. The average molecular weight is 143 g/mol. The predicted octanol–water partition coefficient (Wildman–Crippen LogP) is -0.423. The van der Waals surface area contributed by atoms with E-state index < -0.39 is 0 Å². The summed E-state index contributed by atoms with van der Waals surface area (Å²) in [7, 11) is 0. The highest BCUT2D eigenvalue weighted by Crippen LogP contribution is 2.05. The summed E-state index contributed by atoms with van der Waals surface area (Å²) >= 11 is 0. The topological polar surface area (TPSA) is 85.2 Å². The largest absolute Gasteiger partial charge is 0.396 e. The van der Waals surface area contributed by atoms with Gasteiger partial charge in [0.25, 0.3) is 0 Å². The van der Waals surface area contributed by atoms with E-state index in [1.807, 2.05) is 0 Å². The van der Waals surface area contributed by atoms with Gasteiger partial charge in [0.1, 0.15) is 5.69 Å². The standard InChI is InChI=1S/C5H9N3O2/c6-5-4(2-1-3-9)7-10-8-5/h9H,1-3H2,(H2,6,8). The summed E-state index contributed by atoms with van der Waals surface area (Å²) < 4.78 is 4.34. The first kappa shape index (κ1) is 7.01. The lowest BCUT2D eigenvalue weighted by Crippen LogP contribution is -1.94. The molecule has 0 aliphatic carbocycles. The quantitative estimate of drug-likeness (QED) is 0.600. The third-order valence-corrected chi connectivity index (χ3v) is 1.16.